The Labute approximate surface area is 82.4 Å². The van der Waals surface area contributed by atoms with Crippen molar-refractivity contribution >= 4 is 5.69 Å². The lowest BCUT2D eigenvalue weighted by molar-refractivity contribution is 0.989. The normalized spacial score (nSPS) is 10.4. The molecule has 0 saturated heterocycles. The molecule has 0 atom stereocenters. The van der Waals surface area contributed by atoms with E-state index in [1.165, 1.54) is 0 Å². The predicted octanol–water partition coefficient (Wildman–Crippen LogP) is 1.47. The summed E-state index contributed by atoms with van der Waals surface area (Å²) in [4.78, 5) is 8.36. The van der Waals surface area contributed by atoms with E-state index in [2.05, 4.69) is 9.97 Å². The second-order valence-electron chi connectivity index (χ2n) is 3.32. The molecule has 0 amide bonds. The summed E-state index contributed by atoms with van der Waals surface area (Å²) in [5.41, 5.74) is 8.40. The van der Waals surface area contributed by atoms with Crippen LogP contribution in [-0.4, -0.2) is 14.5 Å². The van der Waals surface area contributed by atoms with Crippen molar-refractivity contribution in [1.82, 2.24) is 14.5 Å². The number of nitrogens with two attached hydrogens (primary N) is 1. The minimum atomic E-state index is 0.714. The molecule has 2 N–H and O–H groups in total. The molecule has 14 heavy (non-hydrogen) atoms. The summed E-state index contributed by atoms with van der Waals surface area (Å²) in [5, 5.41) is 0. The van der Waals surface area contributed by atoms with Crippen molar-refractivity contribution in [2.45, 2.75) is 13.8 Å². The molecule has 0 aliphatic heterocycles. The number of pyridine rings is 1. The van der Waals surface area contributed by atoms with E-state index in [1.54, 1.807) is 12.5 Å². The molecular weight excluding hydrogens is 176 g/mol. The minimum Gasteiger partial charge on any atom is -0.397 e. The van der Waals surface area contributed by atoms with Gasteiger partial charge in [0.15, 0.2) is 0 Å². The van der Waals surface area contributed by atoms with Crippen LogP contribution in [0, 0.1) is 13.8 Å². The van der Waals surface area contributed by atoms with Gasteiger partial charge in [0, 0.05) is 6.20 Å². The molecule has 0 fully saturated rings. The van der Waals surface area contributed by atoms with Crippen molar-refractivity contribution in [3.8, 4) is 5.82 Å². The lowest BCUT2D eigenvalue weighted by Gasteiger charge is -2.03. The molecule has 4 nitrogen and oxygen atoms in total. The highest BCUT2D eigenvalue weighted by molar-refractivity contribution is 5.47. The highest BCUT2D eigenvalue weighted by Gasteiger charge is 2.00. The smallest absolute Gasteiger partial charge is 0.138 e. The van der Waals surface area contributed by atoms with E-state index in [-0.39, 0.29) is 0 Å². The van der Waals surface area contributed by atoms with Crippen LogP contribution in [0.1, 0.15) is 11.3 Å². The van der Waals surface area contributed by atoms with E-state index in [4.69, 9.17) is 5.73 Å². The summed E-state index contributed by atoms with van der Waals surface area (Å²) < 4.78 is 1.88. The zero-order valence-corrected chi connectivity index (χ0v) is 8.23. The first kappa shape index (κ1) is 8.74. The summed E-state index contributed by atoms with van der Waals surface area (Å²) in [7, 11) is 0. The maximum Gasteiger partial charge on any atom is 0.138 e. The van der Waals surface area contributed by atoms with Crippen LogP contribution in [0.2, 0.25) is 0 Å². The van der Waals surface area contributed by atoms with Gasteiger partial charge in [0.2, 0.25) is 0 Å². The summed E-state index contributed by atoms with van der Waals surface area (Å²) in [6, 6.07) is 1.94. The average molecular weight is 188 g/mol. The number of hydrogen-bond acceptors (Lipinski definition) is 3. The van der Waals surface area contributed by atoms with Crippen molar-refractivity contribution < 1.29 is 0 Å². The lowest BCUT2D eigenvalue weighted by atomic mass is 10.2. The van der Waals surface area contributed by atoms with E-state index < -0.39 is 0 Å². The highest BCUT2D eigenvalue weighted by atomic mass is 15.1. The Hall–Kier alpha value is -1.84. The monoisotopic (exact) mass is 188 g/mol. The first-order valence-electron chi connectivity index (χ1n) is 4.40. The first-order chi connectivity index (χ1) is 6.66. The number of rotatable bonds is 1. The van der Waals surface area contributed by atoms with E-state index in [9.17, 15) is 0 Å². The lowest BCUT2D eigenvalue weighted by Crippen LogP contribution is -1.98. The molecule has 0 aromatic carbocycles. The SMILES string of the molecule is Cc1cn(-c2cc(C)c(N)cn2)cn1. The van der Waals surface area contributed by atoms with Crippen LogP contribution in [0.3, 0.4) is 0 Å². The molecule has 0 saturated carbocycles. The second kappa shape index (κ2) is 3.14. The molecule has 0 aliphatic rings. The topological polar surface area (TPSA) is 56.7 Å². The Balaban J connectivity index is 2.47. The third-order valence-electron chi connectivity index (χ3n) is 2.11. The van der Waals surface area contributed by atoms with Gasteiger partial charge < -0.3 is 5.73 Å². The molecule has 2 aromatic heterocycles. The van der Waals surface area contributed by atoms with Gasteiger partial charge in [-0.1, -0.05) is 0 Å². The van der Waals surface area contributed by atoms with Crippen LogP contribution in [0.5, 0.6) is 0 Å². The van der Waals surface area contributed by atoms with Crippen LogP contribution in [0.15, 0.2) is 24.8 Å². The Kier molecular flexibility index (Phi) is 1.96. The number of nitrogens with zero attached hydrogens (tertiary/aromatic N) is 3. The van der Waals surface area contributed by atoms with Crippen molar-refractivity contribution in [3.05, 3.63) is 36.0 Å². The van der Waals surface area contributed by atoms with Gasteiger partial charge in [-0.25, -0.2) is 9.97 Å². The number of aryl methyl sites for hydroxylation is 2. The average Bonchev–Trinajstić information content (AvgIpc) is 2.57. The number of nitrogen functional groups attached to an aromatic ring is 1. The number of anilines is 1. The first-order valence-corrected chi connectivity index (χ1v) is 4.40. The fourth-order valence-electron chi connectivity index (χ4n) is 1.24. The largest absolute Gasteiger partial charge is 0.397 e. The summed E-state index contributed by atoms with van der Waals surface area (Å²) in [6.07, 6.45) is 5.34. The molecule has 0 radical (unpaired) electrons. The minimum absolute atomic E-state index is 0.714. The van der Waals surface area contributed by atoms with E-state index in [0.717, 1.165) is 17.1 Å². The Morgan fingerprint density at radius 1 is 1.29 bits per heavy atom. The van der Waals surface area contributed by atoms with Crippen molar-refractivity contribution in [3.63, 3.8) is 0 Å². The number of hydrogen-bond donors (Lipinski definition) is 1. The van der Waals surface area contributed by atoms with Crippen LogP contribution in [0.4, 0.5) is 5.69 Å². The Morgan fingerprint density at radius 3 is 2.64 bits per heavy atom. The maximum atomic E-state index is 5.68. The maximum absolute atomic E-state index is 5.68. The van der Waals surface area contributed by atoms with Crippen LogP contribution < -0.4 is 5.73 Å². The van der Waals surface area contributed by atoms with Gasteiger partial charge in [-0.3, -0.25) is 4.57 Å². The standard InChI is InChI=1S/C10H12N4/c1-7-3-10(12-4-9(7)11)14-5-8(2)13-6-14/h3-6H,11H2,1-2H3. The molecule has 0 spiro atoms. The summed E-state index contributed by atoms with van der Waals surface area (Å²) in [6.45, 7) is 3.91. The van der Waals surface area contributed by atoms with Crippen LogP contribution in [0.25, 0.3) is 5.82 Å². The fourth-order valence-corrected chi connectivity index (χ4v) is 1.24. The van der Waals surface area contributed by atoms with E-state index in [0.29, 0.717) is 5.69 Å². The number of imidazole rings is 1. The van der Waals surface area contributed by atoms with E-state index in [1.807, 2.05) is 30.7 Å². The van der Waals surface area contributed by atoms with Gasteiger partial charge in [0.25, 0.3) is 0 Å². The molecule has 0 unspecified atom stereocenters. The highest BCUT2D eigenvalue weighted by Crippen LogP contribution is 2.12. The van der Waals surface area contributed by atoms with Crippen molar-refractivity contribution in [2.24, 2.45) is 0 Å². The molecular formula is C10H12N4. The van der Waals surface area contributed by atoms with Crippen LogP contribution in [-0.2, 0) is 0 Å². The zero-order chi connectivity index (χ0) is 10.1. The third kappa shape index (κ3) is 1.46. The molecule has 0 bridgehead atoms. The molecule has 2 aromatic rings. The quantitative estimate of drug-likeness (QED) is 0.737. The van der Waals surface area contributed by atoms with Gasteiger partial charge in [-0.2, -0.15) is 0 Å². The summed E-state index contributed by atoms with van der Waals surface area (Å²) >= 11 is 0. The number of aromatic nitrogens is 3. The van der Waals surface area contributed by atoms with Gasteiger partial charge in [0.05, 0.1) is 17.6 Å². The molecule has 2 heterocycles. The predicted molar refractivity (Wildman–Crippen MR) is 55.2 cm³/mol. The van der Waals surface area contributed by atoms with Gasteiger partial charge in [0.1, 0.15) is 12.1 Å². The van der Waals surface area contributed by atoms with Gasteiger partial charge in [-0.15, -0.1) is 0 Å². The van der Waals surface area contributed by atoms with Crippen LogP contribution >= 0.6 is 0 Å². The molecule has 72 valence electrons. The fraction of sp³-hybridized carbons (Fsp3) is 0.200. The van der Waals surface area contributed by atoms with Gasteiger partial charge in [-0.05, 0) is 25.5 Å². The Morgan fingerprint density at radius 2 is 2.07 bits per heavy atom. The third-order valence-corrected chi connectivity index (χ3v) is 2.11. The molecule has 2 rings (SSSR count). The van der Waals surface area contributed by atoms with E-state index >= 15 is 0 Å². The Bertz CT molecular complexity index is 459. The second-order valence-corrected chi connectivity index (χ2v) is 3.32. The van der Waals surface area contributed by atoms with Crippen molar-refractivity contribution in [2.75, 3.05) is 5.73 Å². The van der Waals surface area contributed by atoms with Crippen molar-refractivity contribution in [1.29, 1.82) is 0 Å². The molecule has 4 heteroatoms. The molecule has 0 aliphatic carbocycles. The van der Waals surface area contributed by atoms with Gasteiger partial charge >= 0.3 is 0 Å². The summed E-state index contributed by atoms with van der Waals surface area (Å²) in [5.74, 6) is 0.845. The zero-order valence-electron chi connectivity index (χ0n) is 8.23.